The molecule has 0 bridgehead atoms. The molecule has 0 saturated carbocycles. The van der Waals surface area contributed by atoms with E-state index in [0.717, 1.165) is 0 Å². The van der Waals surface area contributed by atoms with E-state index in [1.165, 1.54) is 31.3 Å². The summed E-state index contributed by atoms with van der Waals surface area (Å²) in [6.07, 6.45) is 0. The number of benzene rings is 1. The van der Waals surface area contributed by atoms with E-state index in [9.17, 15) is 9.59 Å². The van der Waals surface area contributed by atoms with Gasteiger partial charge in [0.25, 0.3) is 0 Å². The van der Waals surface area contributed by atoms with Crippen LogP contribution in [0.3, 0.4) is 0 Å². The first-order valence-corrected chi connectivity index (χ1v) is 7.28. The van der Waals surface area contributed by atoms with Gasteiger partial charge in [-0.15, -0.1) is 0 Å². The number of carbonyl (C=O) groups is 2. The van der Waals surface area contributed by atoms with Gasteiger partial charge in [-0.3, -0.25) is 9.59 Å². The number of nitrogens with zero attached hydrogens (tertiary/aromatic N) is 1. The highest BCUT2D eigenvalue weighted by Gasteiger charge is 2.21. The summed E-state index contributed by atoms with van der Waals surface area (Å²) in [6, 6.07) is 4.58. The molecule has 122 valence electrons. The molecule has 0 radical (unpaired) electrons. The molecular weight excluding hydrogens is 331 g/mol. The number of ether oxygens (including phenoxy) is 2. The van der Waals surface area contributed by atoms with Crippen LogP contribution in [0.15, 0.2) is 18.2 Å². The lowest BCUT2D eigenvalue weighted by Crippen LogP contribution is -2.43. The van der Waals surface area contributed by atoms with E-state index in [0.29, 0.717) is 42.0 Å². The molecule has 0 aliphatic rings. The van der Waals surface area contributed by atoms with Crippen LogP contribution in [0.1, 0.15) is 0 Å². The molecule has 1 rings (SSSR count). The zero-order valence-electron chi connectivity index (χ0n) is 12.4. The molecule has 0 heterocycles. The number of nitrogens with one attached hydrogen (secondary N) is 1. The summed E-state index contributed by atoms with van der Waals surface area (Å²) in [5, 5.41) is 3.15. The van der Waals surface area contributed by atoms with Crippen LogP contribution in [-0.2, 0) is 19.1 Å². The Bertz CT molecular complexity index is 518. The summed E-state index contributed by atoms with van der Waals surface area (Å²) in [5.41, 5.74) is 0.395. The monoisotopic (exact) mass is 348 g/mol. The maximum Gasteiger partial charge on any atom is 0.313 e. The van der Waals surface area contributed by atoms with Gasteiger partial charge in [0.15, 0.2) is 0 Å². The van der Waals surface area contributed by atoms with Gasteiger partial charge >= 0.3 is 11.8 Å². The molecule has 1 aromatic carbocycles. The lowest BCUT2D eigenvalue weighted by molar-refractivity contribution is -0.144. The minimum atomic E-state index is -0.759. The zero-order chi connectivity index (χ0) is 16.5. The zero-order valence-corrected chi connectivity index (χ0v) is 13.9. The number of hydrogen-bond acceptors (Lipinski definition) is 4. The fourth-order valence-corrected chi connectivity index (χ4v) is 1.92. The van der Waals surface area contributed by atoms with E-state index in [1.807, 2.05) is 0 Å². The van der Waals surface area contributed by atoms with Crippen molar-refractivity contribution in [2.75, 3.05) is 45.8 Å². The number of rotatable bonds is 7. The molecule has 0 fully saturated rings. The number of hydrogen-bond donors (Lipinski definition) is 1. The van der Waals surface area contributed by atoms with E-state index in [2.05, 4.69) is 5.32 Å². The topological polar surface area (TPSA) is 67.9 Å². The van der Waals surface area contributed by atoms with Crippen LogP contribution in [-0.4, -0.2) is 57.2 Å². The number of anilines is 1. The van der Waals surface area contributed by atoms with E-state index < -0.39 is 11.8 Å². The predicted octanol–water partition coefficient (Wildman–Crippen LogP) is 2.05. The van der Waals surface area contributed by atoms with Gasteiger partial charge in [0.05, 0.1) is 23.3 Å². The molecular formula is C14H18Cl2N2O4. The smallest absolute Gasteiger partial charge is 0.313 e. The van der Waals surface area contributed by atoms with Crippen molar-refractivity contribution in [1.29, 1.82) is 0 Å². The Balaban J connectivity index is 2.70. The predicted molar refractivity (Wildman–Crippen MR) is 85.4 cm³/mol. The van der Waals surface area contributed by atoms with E-state index in [4.69, 9.17) is 32.7 Å². The Morgan fingerprint density at radius 3 is 2.18 bits per heavy atom. The Hall–Kier alpha value is -1.34. The molecule has 2 amide bonds. The van der Waals surface area contributed by atoms with Gasteiger partial charge in [-0.25, -0.2) is 0 Å². The minimum Gasteiger partial charge on any atom is -0.383 e. The fourth-order valence-electron chi connectivity index (χ4n) is 1.62. The van der Waals surface area contributed by atoms with Gasteiger partial charge in [0.2, 0.25) is 0 Å². The Labute approximate surface area is 139 Å². The third kappa shape index (κ3) is 5.81. The normalized spacial score (nSPS) is 10.4. The molecule has 0 spiro atoms. The van der Waals surface area contributed by atoms with Crippen molar-refractivity contribution < 1.29 is 19.1 Å². The first-order valence-electron chi connectivity index (χ1n) is 6.52. The Kier molecular flexibility index (Phi) is 8.19. The second kappa shape index (κ2) is 9.63. The van der Waals surface area contributed by atoms with Crippen LogP contribution >= 0.6 is 23.2 Å². The third-order valence-electron chi connectivity index (χ3n) is 2.79. The number of methoxy groups -OCH3 is 2. The van der Waals surface area contributed by atoms with Gasteiger partial charge in [-0.1, -0.05) is 23.2 Å². The average molecular weight is 349 g/mol. The number of halogens is 2. The van der Waals surface area contributed by atoms with Crippen molar-refractivity contribution in [3.63, 3.8) is 0 Å². The molecule has 0 unspecified atom stereocenters. The summed E-state index contributed by atoms with van der Waals surface area (Å²) in [4.78, 5) is 25.5. The quantitative estimate of drug-likeness (QED) is 0.765. The highest BCUT2D eigenvalue weighted by atomic mass is 35.5. The second-order valence-corrected chi connectivity index (χ2v) is 5.18. The Morgan fingerprint density at radius 1 is 1.09 bits per heavy atom. The maximum atomic E-state index is 12.2. The van der Waals surface area contributed by atoms with Crippen LogP contribution in [0.2, 0.25) is 10.0 Å². The van der Waals surface area contributed by atoms with Gasteiger partial charge < -0.3 is 19.7 Å². The van der Waals surface area contributed by atoms with Crippen molar-refractivity contribution in [3.8, 4) is 0 Å². The standard InChI is InChI=1S/C14H18Cl2N2O4/c1-21-7-5-18(6-8-22-2)14(20)13(19)17-10-3-4-11(15)12(16)9-10/h3-4,9H,5-8H2,1-2H3,(H,17,19). The first kappa shape index (κ1) is 18.7. The molecule has 8 heteroatoms. The van der Waals surface area contributed by atoms with E-state index in [-0.39, 0.29) is 0 Å². The largest absolute Gasteiger partial charge is 0.383 e. The van der Waals surface area contributed by atoms with Crippen LogP contribution in [0.5, 0.6) is 0 Å². The summed E-state index contributed by atoms with van der Waals surface area (Å²) in [6.45, 7) is 1.26. The highest BCUT2D eigenvalue weighted by Crippen LogP contribution is 2.24. The van der Waals surface area contributed by atoms with Gasteiger partial charge in [-0.2, -0.15) is 0 Å². The molecule has 0 aliphatic heterocycles. The molecule has 0 saturated heterocycles. The van der Waals surface area contributed by atoms with Crippen LogP contribution in [0, 0.1) is 0 Å². The van der Waals surface area contributed by atoms with Crippen LogP contribution in [0.25, 0.3) is 0 Å². The molecule has 0 aliphatic carbocycles. The number of carbonyl (C=O) groups excluding carboxylic acids is 2. The van der Waals surface area contributed by atoms with Crippen molar-refractivity contribution in [2.24, 2.45) is 0 Å². The van der Waals surface area contributed by atoms with E-state index in [1.54, 1.807) is 6.07 Å². The van der Waals surface area contributed by atoms with Crippen LogP contribution in [0.4, 0.5) is 5.69 Å². The molecule has 1 aromatic rings. The molecule has 0 aromatic heterocycles. The molecule has 22 heavy (non-hydrogen) atoms. The first-order chi connectivity index (χ1) is 10.5. The van der Waals surface area contributed by atoms with E-state index >= 15 is 0 Å². The van der Waals surface area contributed by atoms with Crippen molar-refractivity contribution in [3.05, 3.63) is 28.2 Å². The lowest BCUT2D eigenvalue weighted by Gasteiger charge is -2.21. The van der Waals surface area contributed by atoms with Gasteiger partial charge in [-0.05, 0) is 18.2 Å². The van der Waals surface area contributed by atoms with Crippen LogP contribution < -0.4 is 5.32 Å². The highest BCUT2D eigenvalue weighted by molar-refractivity contribution is 6.42. The SMILES string of the molecule is COCCN(CCOC)C(=O)C(=O)Nc1ccc(Cl)c(Cl)c1. The third-order valence-corrected chi connectivity index (χ3v) is 3.53. The van der Waals surface area contributed by atoms with Crippen molar-refractivity contribution >= 4 is 40.7 Å². The minimum absolute atomic E-state index is 0.294. The number of amides is 2. The molecule has 0 atom stereocenters. The summed E-state index contributed by atoms with van der Waals surface area (Å²) < 4.78 is 9.86. The summed E-state index contributed by atoms with van der Waals surface area (Å²) in [5.74, 6) is -1.43. The maximum absolute atomic E-state index is 12.2. The Morgan fingerprint density at radius 2 is 1.68 bits per heavy atom. The van der Waals surface area contributed by atoms with Gasteiger partial charge in [0.1, 0.15) is 0 Å². The van der Waals surface area contributed by atoms with Crippen molar-refractivity contribution in [1.82, 2.24) is 4.90 Å². The average Bonchev–Trinajstić information content (AvgIpc) is 2.50. The van der Waals surface area contributed by atoms with Gasteiger partial charge in [0, 0.05) is 33.0 Å². The summed E-state index contributed by atoms with van der Waals surface area (Å²) >= 11 is 11.7. The fraction of sp³-hybridized carbons (Fsp3) is 0.429. The molecule has 1 N–H and O–H groups in total. The second-order valence-electron chi connectivity index (χ2n) is 4.36. The molecule has 6 nitrogen and oxygen atoms in total. The summed E-state index contributed by atoms with van der Waals surface area (Å²) in [7, 11) is 3.05. The van der Waals surface area contributed by atoms with Crippen molar-refractivity contribution in [2.45, 2.75) is 0 Å². The lowest BCUT2D eigenvalue weighted by atomic mass is 10.3.